The molecular weight excluding hydrogens is 388 g/mol. The van der Waals surface area contributed by atoms with Crippen LogP contribution in [0.25, 0.3) is 16.8 Å². The van der Waals surface area contributed by atoms with Crippen LogP contribution in [0.3, 0.4) is 0 Å². The SMILES string of the molecule is CNc1nn(-c2c(Cl)cc(C(F)(F)F)cc2Cl)c(N)c1-c1ccccc1. The first-order valence-corrected chi connectivity index (χ1v) is 8.18. The number of hydrogen-bond donors (Lipinski definition) is 2. The number of anilines is 2. The van der Waals surface area contributed by atoms with E-state index in [0.29, 0.717) is 11.4 Å². The molecule has 2 aromatic carbocycles. The van der Waals surface area contributed by atoms with Gasteiger partial charge in [0.15, 0.2) is 5.82 Å². The van der Waals surface area contributed by atoms with Gasteiger partial charge in [0.1, 0.15) is 11.5 Å². The van der Waals surface area contributed by atoms with Gasteiger partial charge in [0.25, 0.3) is 0 Å². The summed E-state index contributed by atoms with van der Waals surface area (Å²) in [5, 5.41) is 6.83. The van der Waals surface area contributed by atoms with Crippen LogP contribution in [-0.2, 0) is 6.18 Å². The van der Waals surface area contributed by atoms with E-state index >= 15 is 0 Å². The summed E-state index contributed by atoms with van der Waals surface area (Å²) in [6, 6.07) is 10.8. The molecule has 3 aromatic rings. The van der Waals surface area contributed by atoms with Crippen molar-refractivity contribution in [1.82, 2.24) is 9.78 Å². The first-order chi connectivity index (χ1) is 12.2. The van der Waals surface area contributed by atoms with Gasteiger partial charge in [0, 0.05) is 7.05 Å². The van der Waals surface area contributed by atoms with Crippen LogP contribution in [0, 0.1) is 0 Å². The van der Waals surface area contributed by atoms with Gasteiger partial charge in [-0.25, -0.2) is 4.68 Å². The van der Waals surface area contributed by atoms with E-state index in [9.17, 15) is 13.2 Å². The molecule has 136 valence electrons. The molecule has 9 heteroatoms. The smallest absolute Gasteiger partial charge is 0.383 e. The summed E-state index contributed by atoms with van der Waals surface area (Å²) < 4.78 is 40.0. The van der Waals surface area contributed by atoms with E-state index in [0.717, 1.165) is 17.7 Å². The summed E-state index contributed by atoms with van der Waals surface area (Å²) in [7, 11) is 1.66. The maximum Gasteiger partial charge on any atom is 0.416 e. The lowest BCUT2D eigenvalue weighted by Gasteiger charge is -2.13. The van der Waals surface area contributed by atoms with E-state index in [-0.39, 0.29) is 21.6 Å². The number of nitrogens with two attached hydrogens (primary N) is 1. The Labute approximate surface area is 157 Å². The second-order valence-corrected chi connectivity index (χ2v) is 6.24. The summed E-state index contributed by atoms with van der Waals surface area (Å²) in [5.74, 6) is 0.643. The standard InChI is InChI=1S/C17H13Cl2F3N4/c1-24-16-13(9-5-3-2-4-6-9)15(23)26(25-16)14-11(18)7-10(8-12(14)19)17(20,21)22/h2-8H,23H2,1H3,(H,24,25). The number of hydrogen-bond acceptors (Lipinski definition) is 3. The van der Waals surface area contributed by atoms with E-state index < -0.39 is 11.7 Å². The Morgan fingerprint density at radius 1 is 1.08 bits per heavy atom. The van der Waals surface area contributed by atoms with Crippen LogP contribution in [0.4, 0.5) is 24.8 Å². The van der Waals surface area contributed by atoms with Crippen molar-refractivity contribution in [3.05, 3.63) is 58.1 Å². The van der Waals surface area contributed by atoms with Crippen molar-refractivity contribution in [1.29, 1.82) is 0 Å². The number of rotatable bonds is 3. The Kier molecular flexibility index (Phi) is 4.77. The third-order valence-electron chi connectivity index (χ3n) is 3.78. The molecule has 0 amide bonds. The molecule has 0 aliphatic heterocycles. The third kappa shape index (κ3) is 3.20. The van der Waals surface area contributed by atoms with Crippen LogP contribution in [0.2, 0.25) is 10.0 Å². The zero-order chi connectivity index (χ0) is 19.1. The topological polar surface area (TPSA) is 55.9 Å². The summed E-state index contributed by atoms with van der Waals surface area (Å²) >= 11 is 12.2. The molecule has 0 spiro atoms. The van der Waals surface area contributed by atoms with E-state index in [1.54, 1.807) is 7.05 Å². The molecule has 0 unspecified atom stereocenters. The molecule has 0 radical (unpaired) electrons. The minimum Gasteiger partial charge on any atom is -0.383 e. The van der Waals surface area contributed by atoms with E-state index in [2.05, 4.69) is 10.4 Å². The van der Waals surface area contributed by atoms with Gasteiger partial charge in [-0.05, 0) is 17.7 Å². The fourth-order valence-corrected chi connectivity index (χ4v) is 3.24. The molecule has 0 bridgehead atoms. The van der Waals surface area contributed by atoms with Crippen LogP contribution in [0.5, 0.6) is 0 Å². The van der Waals surface area contributed by atoms with Gasteiger partial charge in [-0.2, -0.15) is 13.2 Å². The van der Waals surface area contributed by atoms with Crippen LogP contribution < -0.4 is 11.1 Å². The number of nitrogen functional groups attached to an aromatic ring is 1. The lowest BCUT2D eigenvalue weighted by molar-refractivity contribution is -0.137. The monoisotopic (exact) mass is 400 g/mol. The van der Waals surface area contributed by atoms with Crippen molar-refractivity contribution >= 4 is 34.8 Å². The summed E-state index contributed by atoms with van der Waals surface area (Å²) in [5.41, 5.74) is 6.75. The third-order valence-corrected chi connectivity index (χ3v) is 4.35. The number of halogens is 5. The van der Waals surface area contributed by atoms with Crippen molar-refractivity contribution in [3.8, 4) is 16.8 Å². The van der Waals surface area contributed by atoms with E-state index in [4.69, 9.17) is 28.9 Å². The molecule has 0 saturated carbocycles. The molecule has 0 saturated heterocycles. The molecule has 3 N–H and O–H groups in total. The van der Waals surface area contributed by atoms with Crippen LogP contribution in [0.15, 0.2) is 42.5 Å². The molecule has 0 aliphatic rings. The quantitative estimate of drug-likeness (QED) is 0.611. The molecule has 4 nitrogen and oxygen atoms in total. The maximum atomic E-state index is 12.9. The average molecular weight is 401 g/mol. The molecule has 0 fully saturated rings. The first-order valence-electron chi connectivity index (χ1n) is 7.42. The number of nitrogens with zero attached hydrogens (tertiary/aromatic N) is 2. The summed E-state index contributed by atoms with van der Waals surface area (Å²) in [6.45, 7) is 0. The Hall–Kier alpha value is -2.38. The van der Waals surface area contributed by atoms with Crippen LogP contribution in [0.1, 0.15) is 5.56 Å². The largest absolute Gasteiger partial charge is 0.416 e. The van der Waals surface area contributed by atoms with Crippen molar-refractivity contribution in [3.63, 3.8) is 0 Å². The van der Waals surface area contributed by atoms with Gasteiger partial charge in [0.05, 0.1) is 21.2 Å². The average Bonchev–Trinajstić information content (AvgIpc) is 2.91. The predicted octanol–water partition coefficient (Wildman–Crippen LogP) is 5.49. The highest BCUT2D eigenvalue weighted by molar-refractivity contribution is 6.38. The minimum absolute atomic E-state index is 0.0810. The fourth-order valence-electron chi connectivity index (χ4n) is 2.60. The molecular formula is C17H13Cl2F3N4. The molecule has 3 rings (SSSR count). The van der Waals surface area contributed by atoms with Gasteiger partial charge in [-0.3, -0.25) is 0 Å². The molecule has 0 atom stereocenters. The summed E-state index contributed by atoms with van der Waals surface area (Å²) in [4.78, 5) is 0. The molecule has 1 heterocycles. The lowest BCUT2D eigenvalue weighted by Crippen LogP contribution is -2.08. The lowest BCUT2D eigenvalue weighted by atomic mass is 10.1. The number of aromatic nitrogens is 2. The Balaban J connectivity index is 2.22. The highest BCUT2D eigenvalue weighted by Crippen LogP contribution is 2.41. The molecule has 26 heavy (non-hydrogen) atoms. The van der Waals surface area contributed by atoms with Gasteiger partial charge < -0.3 is 11.1 Å². The molecule has 0 aliphatic carbocycles. The minimum atomic E-state index is -4.56. The predicted molar refractivity (Wildman–Crippen MR) is 98.0 cm³/mol. The Morgan fingerprint density at radius 2 is 1.65 bits per heavy atom. The van der Waals surface area contributed by atoms with Crippen molar-refractivity contribution in [2.45, 2.75) is 6.18 Å². The molecule has 1 aromatic heterocycles. The highest BCUT2D eigenvalue weighted by atomic mass is 35.5. The van der Waals surface area contributed by atoms with Crippen LogP contribution in [-0.4, -0.2) is 16.8 Å². The van der Waals surface area contributed by atoms with Gasteiger partial charge >= 0.3 is 6.18 Å². The number of alkyl halides is 3. The highest BCUT2D eigenvalue weighted by Gasteiger charge is 2.32. The number of nitrogens with one attached hydrogen (secondary N) is 1. The fraction of sp³-hybridized carbons (Fsp3) is 0.118. The van der Waals surface area contributed by atoms with Gasteiger partial charge in [0.2, 0.25) is 0 Å². The Bertz CT molecular complexity index is 930. The van der Waals surface area contributed by atoms with E-state index in [1.807, 2.05) is 30.3 Å². The van der Waals surface area contributed by atoms with Gasteiger partial charge in [-0.15, -0.1) is 5.10 Å². The normalized spacial score (nSPS) is 11.6. The second-order valence-electron chi connectivity index (χ2n) is 5.42. The maximum absolute atomic E-state index is 12.9. The second kappa shape index (κ2) is 6.74. The van der Waals surface area contributed by atoms with Crippen molar-refractivity contribution < 1.29 is 13.2 Å². The number of benzene rings is 2. The zero-order valence-electron chi connectivity index (χ0n) is 13.4. The Morgan fingerprint density at radius 3 is 2.15 bits per heavy atom. The van der Waals surface area contributed by atoms with Gasteiger partial charge in [-0.1, -0.05) is 53.5 Å². The first kappa shape index (κ1) is 18.4. The zero-order valence-corrected chi connectivity index (χ0v) is 14.9. The summed E-state index contributed by atoms with van der Waals surface area (Å²) in [6.07, 6.45) is -4.56. The van der Waals surface area contributed by atoms with Crippen molar-refractivity contribution in [2.75, 3.05) is 18.1 Å². The van der Waals surface area contributed by atoms with Crippen LogP contribution >= 0.6 is 23.2 Å². The van der Waals surface area contributed by atoms with E-state index in [1.165, 1.54) is 4.68 Å². The van der Waals surface area contributed by atoms with Crippen molar-refractivity contribution in [2.24, 2.45) is 0 Å².